The van der Waals surface area contributed by atoms with Crippen molar-refractivity contribution in [3.63, 3.8) is 0 Å². The van der Waals surface area contributed by atoms with Gasteiger partial charge in [-0.25, -0.2) is 0 Å². The van der Waals surface area contributed by atoms with Crippen molar-refractivity contribution in [3.05, 3.63) is 0 Å². The summed E-state index contributed by atoms with van der Waals surface area (Å²) in [6.45, 7) is 0. The van der Waals surface area contributed by atoms with Gasteiger partial charge in [-0.1, -0.05) is 12.6 Å². The van der Waals surface area contributed by atoms with Crippen LogP contribution in [0.5, 0.6) is 0 Å². The van der Waals surface area contributed by atoms with Crippen molar-refractivity contribution in [2.24, 2.45) is 0 Å². The van der Waals surface area contributed by atoms with Crippen molar-refractivity contribution >= 4 is 12.6 Å². The van der Waals surface area contributed by atoms with E-state index < -0.39 is 0 Å². The Morgan fingerprint density at radius 1 is 1.75 bits per heavy atom. The van der Waals surface area contributed by atoms with Gasteiger partial charge in [-0.2, -0.15) is 5.26 Å². The van der Waals surface area contributed by atoms with Crippen LogP contribution < -0.4 is 0 Å². The van der Waals surface area contributed by atoms with E-state index in [-0.39, 0.29) is 41.3 Å². The van der Waals surface area contributed by atoms with Crippen molar-refractivity contribution in [2.75, 3.05) is 0 Å². The Morgan fingerprint density at radius 3 is 1.75 bits per heavy atom. The molecule has 4 heavy (non-hydrogen) atoms. The van der Waals surface area contributed by atoms with E-state index >= 15 is 0 Å². The molecule has 0 atom stereocenters. The first-order chi connectivity index (χ1) is 1.41. The van der Waals surface area contributed by atoms with Crippen LogP contribution in [0.4, 0.5) is 0 Å². The third-order valence-corrected chi connectivity index (χ3v) is 0. The molecule has 0 fully saturated rings. The molecule has 1 nitrogen and oxygen atoms in total. The maximum Gasteiger partial charge on any atom is 0.130 e. The Bertz CT molecular complexity index is 29.5. The molecule has 0 aromatic heterocycles. The fourth-order valence-corrected chi connectivity index (χ4v) is 0. The van der Waals surface area contributed by atoms with E-state index in [4.69, 9.17) is 5.26 Å². The first-order valence-corrected chi connectivity index (χ1v) is 0.894. The van der Waals surface area contributed by atoms with Gasteiger partial charge < -0.3 is 0 Å². The van der Waals surface area contributed by atoms with Gasteiger partial charge >= 0.3 is 0 Å². The molecule has 1 radical (unpaired) electrons. The fraction of sp³-hybridized carbons (Fsp3) is 0. The molecule has 0 saturated heterocycles. The zero-order chi connectivity index (χ0) is 2.71. The molecule has 0 aliphatic rings. The Morgan fingerprint density at radius 2 is 1.75 bits per heavy atom. The molecule has 0 rings (SSSR count). The summed E-state index contributed by atoms with van der Waals surface area (Å²) in [4.78, 5) is 0. The average molecular weight is 200 g/mol. The summed E-state index contributed by atoms with van der Waals surface area (Å²) in [5, 5.41) is 8.63. The van der Waals surface area contributed by atoms with Crippen LogP contribution in [0.3, 0.4) is 0 Å². The molecule has 0 heterocycles. The van der Waals surface area contributed by atoms with Gasteiger partial charge in [-0.15, -0.1) is 0 Å². The number of hydrogen-bond acceptors (Lipinski definition) is 2. The molecule has 0 unspecified atom stereocenters. The van der Waals surface area contributed by atoms with Gasteiger partial charge in [0, 0.05) is 41.3 Å². The first kappa shape index (κ1) is 8.96. The number of thiol groups is 1. The Balaban J connectivity index is 0. The summed E-state index contributed by atoms with van der Waals surface area (Å²) in [5.74, 6) is 0. The number of thiocyanates is 1. The summed E-state index contributed by atoms with van der Waals surface area (Å²) in [5.41, 5.74) is 0. The minimum Gasteiger partial charge on any atom is -0.185 e. The van der Waals surface area contributed by atoms with Crippen molar-refractivity contribution in [1.29, 1.82) is 5.26 Å². The largest absolute Gasteiger partial charge is 0.185 e. The zero-order valence-corrected chi connectivity index (χ0v) is 6.57. The number of nitriles is 1. The summed E-state index contributed by atoms with van der Waals surface area (Å²) in [6, 6.07) is 0. The van der Waals surface area contributed by atoms with Gasteiger partial charge in [0.25, 0.3) is 0 Å². The maximum atomic E-state index is 7.18. The van der Waals surface area contributed by atoms with E-state index in [2.05, 4.69) is 12.6 Å². The summed E-state index contributed by atoms with van der Waals surface area (Å²) in [7, 11) is 0. The summed E-state index contributed by atoms with van der Waals surface area (Å²) < 4.78 is 0. The predicted octanol–water partition coefficient (Wildman–Crippen LogP) is 0.397. The van der Waals surface area contributed by atoms with E-state index in [1.807, 2.05) is 0 Å². The summed E-state index contributed by atoms with van der Waals surface area (Å²) >= 11 is 3.09. The van der Waals surface area contributed by atoms with Gasteiger partial charge in [0.1, 0.15) is 5.40 Å². The van der Waals surface area contributed by atoms with Crippen LogP contribution in [-0.4, -0.2) is 0 Å². The molecule has 0 aromatic rings. The second-order valence-corrected chi connectivity index (χ2v) is 0.300. The van der Waals surface area contributed by atoms with E-state index in [9.17, 15) is 0 Å². The molecular formula is CHNPrS. The molecule has 19 valence electrons. The molecule has 0 aliphatic heterocycles. The maximum absolute atomic E-state index is 7.18. The fourth-order valence-electron chi connectivity index (χ4n) is 0. The third kappa shape index (κ3) is 10.7. The molecule has 0 bridgehead atoms. The molecule has 0 amide bonds. The van der Waals surface area contributed by atoms with E-state index in [0.717, 1.165) is 0 Å². The number of rotatable bonds is 0. The van der Waals surface area contributed by atoms with Crippen molar-refractivity contribution in [1.82, 2.24) is 0 Å². The van der Waals surface area contributed by atoms with E-state index in [1.54, 1.807) is 0 Å². The molecular weight excluding hydrogens is 199 g/mol. The van der Waals surface area contributed by atoms with Gasteiger partial charge in [0.15, 0.2) is 0 Å². The van der Waals surface area contributed by atoms with Gasteiger partial charge in [0.05, 0.1) is 0 Å². The first-order valence-electron chi connectivity index (χ1n) is 0.447. The van der Waals surface area contributed by atoms with E-state index in [1.165, 1.54) is 5.40 Å². The molecule has 0 aliphatic carbocycles. The quantitative estimate of drug-likeness (QED) is 0.444. The average Bonchev–Trinajstić information content (AvgIpc) is 0.918. The van der Waals surface area contributed by atoms with Gasteiger partial charge in [0.2, 0.25) is 0 Å². The SMILES string of the molecule is N#CS.[Pr]. The number of hydrogen-bond donors (Lipinski definition) is 1. The third-order valence-electron chi connectivity index (χ3n) is 0. The Kier molecular flexibility index (Phi) is 19.9. The predicted molar refractivity (Wildman–Crippen MR) is 14.6 cm³/mol. The Labute approximate surface area is 63.7 Å². The molecule has 0 N–H and O–H groups in total. The second-order valence-electron chi connectivity index (χ2n) is 0.100. The monoisotopic (exact) mass is 200 g/mol. The standard InChI is InChI=1S/CHNS.Pr/c2-1-3;/h3H;. The van der Waals surface area contributed by atoms with Crippen LogP contribution in [-0.2, 0) is 0 Å². The van der Waals surface area contributed by atoms with Crippen molar-refractivity contribution in [3.8, 4) is 5.40 Å². The minimum absolute atomic E-state index is 0. The molecule has 0 spiro atoms. The molecule has 0 aromatic carbocycles. The zero-order valence-electron chi connectivity index (χ0n) is 1.97. The Hall–Kier alpha value is 1.20. The normalized spacial score (nSPS) is 2.00. The van der Waals surface area contributed by atoms with Crippen LogP contribution in [0.15, 0.2) is 0 Å². The summed E-state index contributed by atoms with van der Waals surface area (Å²) in [6.07, 6.45) is 0. The van der Waals surface area contributed by atoms with Crippen LogP contribution in [0, 0.1) is 52.0 Å². The molecule has 3 heteroatoms. The van der Waals surface area contributed by atoms with E-state index in [0.29, 0.717) is 0 Å². The van der Waals surface area contributed by atoms with Gasteiger partial charge in [-0.05, 0) is 0 Å². The van der Waals surface area contributed by atoms with Crippen LogP contribution in [0.2, 0.25) is 0 Å². The van der Waals surface area contributed by atoms with Crippen molar-refractivity contribution in [2.45, 2.75) is 0 Å². The smallest absolute Gasteiger partial charge is 0.130 e. The van der Waals surface area contributed by atoms with Crippen LogP contribution in [0.25, 0.3) is 0 Å². The van der Waals surface area contributed by atoms with Crippen molar-refractivity contribution < 1.29 is 41.3 Å². The second kappa shape index (κ2) is 8.88. The number of nitrogens with zero attached hydrogens (tertiary/aromatic N) is 1. The topological polar surface area (TPSA) is 23.8 Å². The molecule has 0 saturated carbocycles. The minimum atomic E-state index is 0. The van der Waals surface area contributed by atoms with Gasteiger partial charge in [-0.3, -0.25) is 0 Å². The van der Waals surface area contributed by atoms with Crippen LogP contribution in [0.1, 0.15) is 0 Å². The van der Waals surface area contributed by atoms with Crippen LogP contribution >= 0.6 is 12.6 Å².